The SMILES string of the molecule is CCCOc1c(OC)cccc1C1NC(=S)N(CC)C2=C1C(=O)CCC2. The number of nitrogens with zero attached hydrogens (tertiary/aromatic N) is 1. The monoisotopic (exact) mass is 374 g/mol. The van der Waals surface area contributed by atoms with E-state index in [4.69, 9.17) is 21.7 Å². The number of rotatable bonds is 6. The van der Waals surface area contributed by atoms with Crippen molar-refractivity contribution in [3.8, 4) is 11.5 Å². The van der Waals surface area contributed by atoms with E-state index < -0.39 is 0 Å². The first-order valence-electron chi connectivity index (χ1n) is 9.26. The van der Waals surface area contributed by atoms with Crippen molar-refractivity contribution in [2.24, 2.45) is 0 Å². The molecule has 1 atom stereocenters. The van der Waals surface area contributed by atoms with Gasteiger partial charge in [-0.3, -0.25) is 4.79 Å². The van der Waals surface area contributed by atoms with Crippen LogP contribution in [0.1, 0.15) is 51.1 Å². The number of para-hydroxylation sites is 1. The van der Waals surface area contributed by atoms with Crippen molar-refractivity contribution in [1.82, 2.24) is 10.2 Å². The molecule has 0 saturated heterocycles. The fourth-order valence-corrected chi connectivity index (χ4v) is 4.06. The summed E-state index contributed by atoms with van der Waals surface area (Å²) >= 11 is 5.60. The number of Topliss-reactive ketones (excluding diaryl/α,β-unsaturated/α-hetero) is 1. The van der Waals surface area contributed by atoms with E-state index >= 15 is 0 Å². The molecule has 6 heteroatoms. The molecule has 140 valence electrons. The van der Waals surface area contributed by atoms with Crippen molar-refractivity contribution < 1.29 is 14.3 Å². The highest BCUT2D eigenvalue weighted by Crippen LogP contribution is 2.43. The van der Waals surface area contributed by atoms with Crippen molar-refractivity contribution in [2.45, 2.75) is 45.6 Å². The Bertz CT molecular complexity index is 745. The van der Waals surface area contributed by atoms with Gasteiger partial charge < -0.3 is 19.7 Å². The molecule has 26 heavy (non-hydrogen) atoms. The smallest absolute Gasteiger partial charge is 0.173 e. The van der Waals surface area contributed by atoms with E-state index in [9.17, 15) is 4.79 Å². The van der Waals surface area contributed by atoms with Gasteiger partial charge in [-0.15, -0.1) is 0 Å². The predicted molar refractivity (Wildman–Crippen MR) is 106 cm³/mol. The number of ketones is 1. The van der Waals surface area contributed by atoms with Gasteiger partial charge in [-0.1, -0.05) is 19.1 Å². The summed E-state index contributed by atoms with van der Waals surface area (Å²) in [4.78, 5) is 14.9. The first kappa shape index (κ1) is 18.7. The molecule has 1 aliphatic carbocycles. The Morgan fingerprint density at radius 3 is 2.81 bits per heavy atom. The van der Waals surface area contributed by atoms with Crippen molar-refractivity contribution in [1.29, 1.82) is 0 Å². The maximum absolute atomic E-state index is 12.8. The molecule has 0 amide bonds. The molecule has 0 bridgehead atoms. The van der Waals surface area contributed by atoms with Gasteiger partial charge in [0.15, 0.2) is 22.4 Å². The standard InChI is InChI=1S/C20H26N2O3S/c1-4-12-25-19-13(8-6-11-16(19)24-3)18-17-14(9-7-10-15(17)23)22(5-2)20(26)21-18/h6,8,11,18H,4-5,7,9-10,12H2,1-3H3,(H,21,26). The van der Waals surface area contributed by atoms with Gasteiger partial charge in [-0.05, 0) is 44.5 Å². The molecule has 3 rings (SSSR count). The molecule has 1 aromatic rings. The predicted octanol–water partition coefficient (Wildman–Crippen LogP) is 3.74. The summed E-state index contributed by atoms with van der Waals surface area (Å²) in [6.45, 7) is 5.46. The summed E-state index contributed by atoms with van der Waals surface area (Å²) in [5.41, 5.74) is 2.78. The number of methoxy groups -OCH3 is 1. The second-order valence-electron chi connectivity index (χ2n) is 6.49. The van der Waals surface area contributed by atoms with Gasteiger partial charge in [0.2, 0.25) is 0 Å². The minimum Gasteiger partial charge on any atom is -0.493 e. The molecule has 0 radical (unpaired) electrons. The van der Waals surface area contributed by atoms with Gasteiger partial charge in [0, 0.05) is 29.8 Å². The zero-order valence-corrected chi connectivity index (χ0v) is 16.4. The third-order valence-electron chi connectivity index (χ3n) is 4.86. The maximum Gasteiger partial charge on any atom is 0.173 e. The van der Waals surface area contributed by atoms with Crippen molar-refractivity contribution in [2.75, 3.05) is 20.3 Å². The van der Waals surface area contributed by atoms with E-state index in [1.807, 2.05) is 23.1 Å². The number of benzene rings is 1. The number of hydrogen-bond donors (Lipinski definition) is 1. The summed E-state index contributed by atoms with van der Waals surface area (Å²) in [5.74, 6) is 1.55. The number of carbonyl (C=O) groups excluding carboxylic acids is 1. The Balaban J connectivity index is 2.13. The summed E-state index contributed by atoms with van der Waals surface area (Å²) in [6.07, 6.45) is 3.23. The molecule has 1 N–H and O–H groups in total. The third-order valence-corrected chi connectivity index (χ3v) is 5.20. The van der Waals surface area contributed by atoms with E-state index in [0.29, 0.717) is 29.6 Å². The molecule has 0 spiro atoms. The van der Waals surface area contributed by atoms with Crippen LogP contribution in [0.15, 0.2) is 29.5 Å². The second kappa shape index (κ2) is 8.08. The van der Waals surface area contributed by atoms with Gasteiger partial charge in [-0.25, -0.2) is 0 Å². The van der Waals surface area contributed by atoms with E-state index in [1.54, 1.807) is 7.11 Å². The second-order valence-corrected chi connectivity index (χ2v) is 6.88. The fourth-order valence-electron chi connectivity index (χ4n) is 3.70. The van der Waals surface area contributed by atoms with Gasteiger partial charge >= 0.3 is 0 Å². The maximum atomic E-state index is 12.8. The molecule has 1 aromatic carbocycles. The van der Waals surface area contributed by atoms with Crippen molar-refractivity contribution >= 4 is 23.1 Å². The number of thiocarbonyl (C=S) groups is 1. The highest BCUT2D eigenvalue weighted by Gasteiger charge is 2.38. The highest BCUT2D eigenvalue weighted by molar-refractivity contribution is 7.80. The van der Waals surface area contributed by atoms with Crippen LogP contribution in [0.25, 0.3) is 0 Å². The Hall–Kier alpha value is -2.08. The summed E-state index contributed by atoms with van der Waals surface area (Å²) < 4.78 is 11.5. The largest absolute Gasteiger partial charge is 0.493 e. The lowest BCUT2D eigenvalue weighted by Gasteiger charge is -2.40. The lowest BCUT2D eigenvalue weighted by molar-refractivity contribution is -0.116. The molecule has 0 aromatic heterocycles. The molecular weight excluding hydrogens is 348 g/mol. The van der Waals surface area contributed by atoms with Crippen LogP contribution in [0.2, 0.25) is 0 Å². The minimum absolute atomic E-state index is 0.189. The number of ether oxygens (including phenoxy) is 2. The summed E-state index contributed by atoms with van der Waals surface area (Å²) in [6, 6.07) is 5.50. The molecule has 5 nitrogen and oxygen atoms in total. The zero-order chi connectivity index (χ0) is 18.7. The Labute approximate surface area is 160 Å². The van der Waals surface area contributed by atoms with Crippen molar-refractivity contribution in [3.63, 3.8) is 0 Å². The van der Waals surface area contributed by atoms with Gasteiger partial charge in [0.1, 0.15) is 0 Å². The third kappa shape index (κ3) is 3.30. The minimum atomic E-state index is -0.296. The lowest BCUT2D eigenvalue weighted by atomic mass is 9.84. The Morgan fingerprint density at radius 1 is 1.31 bits per heavy atom. The number of allylic oxidation sites excluding steroid dienone is 1. The van der Waals surface area contributed by atoms with Crippen LogP contribution >= 0.6 is 12.2 Å². The number of carbonyl (C=O) groups is 1. The quantitative estimate of drug-likeness (QED) is 0.766. The van der Waals surface area contributed by atoms with Crippen LogP contribution in [-0.2, 0) is 4.79 Å². The highest BCUT2D eigenvalue weighted by atomic mass is 32.1. The van der Waals surface area contributed by atoms with E-state index in [2.05, 4.69) is 19.2 Å². The van der Waals surface area contributed by atoms with Crippen LogP contribution in [0.5, 0.6) is 11.5 Å². The Morgan fingerprint density at radius 2 is 2.12 bits per heavy atom. The number of hydrogen-bond acceptors (Lipinski definition) is 4. The average Bonchev–Trinajstić information content (AvgIpc) is 2.65. The molecule has 2 aliphatic rings. The molecule has 1 aliphatic heterocycles. The molecule has 1 heterocycles. The van der Waals surface area contributed by atoms with E-state index in [0.717, 1.165) is 42.6 Å². The topological polar surface area (TPSA) is 50.8 Å². The van der Waals surface area contributed by atoms with Gasteiger partial charge in [-0.2, -0.15) is 0 Å². The van der Waals surface area contributed by atoms with Crippen LogP contribution in [0.3, 0.4) is 0 Å². The van der Waals surface area contributed by atoms with E-state index in [1.165, 1.54) is 0 Å². The summed E-state index contributed by atoms with van der Waals surface area (Å²) in [7, 11) is 1.63. The Kier molecular flexibility index (Phi) is 5.81. The van der Waals surface area contributed by atoms with Gasteiger partial charge in [0.25, 0.3) is 0 Å². The zero-order valence-electron chi connectivity index (χ0n) is 15.6. The first-order valence-corrected chi connectivity index (χ1v) is 9.67. The van der Waals surface area contributed by atoms with Crippen LogP contribution in [0.4, 0.5) is 0 Å². The first-order chi connectivity index (χ1) is 12.6. The van der Waals surface area contributed by atoms with Crippen molar-refractivity contribution in [3.05, 3.63) is 35.0 Å². The summed E-state index contributed by atoms with van der Waals surface area (Å²) in [5, 5.41) is 4.04. The molecular formula is C20H26N2O3S. The van der Waals surface area contributed by atoms with E-state index in [-0.39, 0.29) is 11.8 Å². The molecule has 0 saturated carbocycles. The fraction of sp³-hybridized carbons (Fsp3) is 0.500. The normalized spacial score (nSPS) is 20.0. The average molecular weight is 375 g/mol. The van der Waals surface area contributed by atoms with Crippen LogP contribution < -0.4 is 14.8 Å². The number of nitrogens with one attached hydrogen (secondary N) is 1. The molecule has 1 unspecified atom stereocenters. The van der Waals surface area contributed by atoms with Crippen LogP contribution in [0, 0.1) is 0 Å². The van der Waals surface area contributed by atoms with Gasteiger partial charge in [0.05, 0.1) is 19.8 Å². The van der Waals surface area contributed by atoms with Crippen LogP contribution in [-0.4, -0.2) is 36.1 Å². The lowest BCUT2D eigenvalue weighted by Crippen LogP contribution is -2.49. The molecule has 0 fully saturated rings.